The molecule has 2 heterocycles. The molecule has 0 bridgehead atoms. The molecular weight excluding hydrogens is 346 g/mol. The first-order chi connectivity index (χ1) is 12.0. The third kappa shape index (κ3) is 3.47. The van der Waals surface area contributed by atoms with Gasteiger partial charge in [-0.2, -0.15) is 9.87 Å². The van der Waals surface area contributed by atoms with Crippen LogP contribution in [0.1, 0.15) is 13.8 Å². The minimum absolute atomic E-state index is 0.203. The number of rotatable bonds is 6. The summed E-state index contributed by atoms with van der Waals surface area (Å²) in [7, 11) is 2.99. The van der Waals surface area contributed by atoms with Crippen LogP contribution in [0.4, 0.5) is 6.01 Å². The first kappa shape index (κ1) is 17.3. The Kier molecular flexibility index (Phi) is 4.96. The van der Waals surface area contributed by atoms with Crippen LogP contribution >= 0.6 is 11.6 Å². The highest BCUT2D eigenvalue weighted by atomic mass is 35.5. The van der Waals surface area contributed by atoms with Crippen LogP contribution in [0, 0.1) is 0 Å². The van der Waals surface area contributed by atoms with Crippen molar-refractivity contribution in [3.8, 4) is 22.9 Å². The number of aromatic nitrogens is 2. The number of hydrogen-bond acceptors (Lipinski definition) is 7. The Balaban J connectivity index is 2.12. The molecular formula is C17H18ClN3O4. The van der Waals surface area contributed by atoms with Gasteiger partial charge in [-0.15, -0.1) is 0 Å². The summed E-state index contributed by atoms with van der Waals surface area (Å²) >= 11 is 6.40. The zero-order valence-corrected chi connectivity index (χ0v) is 15.0. The number of benzene rings is 1. The van der Waals surface area contributed by atoms with Crippen molar-refractivity contribution in [3.05, 3.63) is 29.5 Å². The first-order valence-corrected chi connectivity index (χ1v) is 8.01. The summed E-state index contributed by atoms with van der Waals surface area (Å²) in [6.45, 7) is 4.00. The van der Waals surface area contributed by atoms with E-state index in [0.29, 0.717) is 39.4 Å². The summed E-state index contributed by atoms with van der Waals surface area (Å²) in [6.07, 6.45) is 1.53. The van der Waals surface area contributed by atoms with Crippen LogP contribution in [0.15, 0.2) is 28.9 Å². The average Bonchev–Trinajstić information content (AvgIpc) is 3.04. The lowest BCUT2D eigenvalue weighted by Crippen LogP contribution is -2.09. The summed E-state index contributed by atoms with van der Waals surface area (Å²) in [5.41, 5.74) is 1.66. The molecule has 3 rings (SSSR count). The monoisotopic (exact) mass is 363 g/mol. The maximum atomic E-state index is 6.40. The van der Waals surface area contributed by atoms with Crippen LogP contribution in [0.5, 0.6) is 11.5 Å². The molecule has 1 aromatic carbocycles. The molecule has 7 nitrogen and oxygen atoms in total. The molecule has 2 aromatic heterocycles. The van der Waals surface area contributed by atoms with Crippen LogP contribution < -0.4 is 14.9 Å². The van der Waals surface area contributed by atoms with Gasteiger partial charge in [0.15, 0.2) is 5.75 Å². The molecule has 0 atom stereocenters. The second-order valence-electron chi connectivity index (χ2n) is 5.57. The van der Waals surface area contributed by atoms with E-state index >= 15 is 0 Å². The normalized spacial score (nSPS) is 11.1. The van der Waals surface area contributed by atoms with Crippen LogP contribution in [0.25, 0.3) is 22.3 Å². The Labute approximate surface area is 149 Å². The average molecular weight is 364 g/mol. The summed E-state index contributed by atoms with van der Waals surface area (Å²) in [4.78, 5) is 18.7. The van der Waals surface area contributed by atoms with E-state index in [1.165, 1.54) is 13.4 Å². The molecule has 0 saturated heterocycles. The van der Waals surface area contributed by atoms with Gasteiger partial charge in [-0.25, -0.2) is 4.98 Å². The third-order valence-electron chi connectivity index (χ3n) is 3.42. The summed E-state index contributed by atoms with van der Waals surface area (Å²) in [5, 5.41) is 4.17. The number of nitrogens with one attached hydrogen (secondary N) is 1. The van der Waals surface area contributed by atoms with Crippen LogP contribution in [0.2, 0.25) is 5.02 Å². The van der Waals surface area contributed by atoms with Crippen molar-refractivity contribution in [3.63, 3.8) is 0 Å². The molecule has 0 radical (unpaired) electrons. The number of oxazole rings is 1. The van der Waals surface area contributed by atoms with Gasteiger partial charge in [0.05, 0.1) is 25.4 Å². The summed E-state index contributed by atoms with van der Waals surface area (Å²) in [5.74, 6) is 0.984. The number of nitrogens with zero attached hydrogens (tertiary/aromatic N) is 2. The number of methoxy groups -OCH3 is 1. The highest BCUT2D eigenvalue weighted by Gasteiger charge is 2.17. The molecule has 0 aliphatic heterocycles. The molecule has 25 heavy (non-hydrogen) atoms. The zero-order valence-electron chi connectivity index (χ0n) is 14.3. The molecule has 3 aromatic rings. The fourth-order valence-electron chi connectivity index (χ4n) is 2.37. The van der Waals surface area contributed by atoms with Crippen LogP contribution in [0.3, 0.4) is 0 Å². The molecule has 0 amide bonds. The van der Waals surface area contributed by atoms with Crippen molar-refractivity contribution in [2.45, 2.75) is 19.9 Å². The van der Waals surface area contributed by atoms with Gasteiger partial charge in [0.25, 0.3) is 6.01 Å². The maximum Gasteiger partial charge on any atom is 0.295 e. The van der Waals surface area contributed by atoms with Gasteiger partial charge in [0.2, 0.25) is 0 Å². The Morgan fingerprint density at radius 1 is 1.12 bits per heavy atom. The number of halogens is 1. The molecule has 132 valence electrons. The Bertz CT molecular complexity index is 895. The molecule has 0 fully saturated rings. The summed E-state index contributed by atoms with van der Waals surface area (Å²) in [6, 6.07) is 5.91. The van der Waals surface area contributed by atoms with Gasteiger partial charge in [-0.3, -0.25) is 0 Å². The molecule has 0 spiro atoms. The van der Waals surface area contributed by atoms with Crippen LogP contribution in [-0.4, -0.2) is 30.2 Å². The number of ether oxygens (including phenoxy) is 1. The minimum atomic E-state index is 0.203. The second kappa shape index (κ2) is 7.16. The van der Waals surface area contributed by atoms with E-state index in [0.717, 1.165) is 5.39 Å². The van der Waals surface area contributed by atoms with Gasteiger partial charge in [0.1, 0.15) is 22.7 Å². The van der Waals surface area contributed by atoms with Gasteiger partial charge < -0.3 is 19.4 Å². The van der Waals surface area contributed by atoms with Crippen molar-refractivity contribution >= 4 is 28.5 Å². The van der Waals surface area contributed by atoms with Crippen molar-refractivity contribution < 1.29 is 18.9 Å². The third-order valence-corrected chi connectivity index (χ3v) is 3.78. The first-order valence-electron chi connectivity index (χ1n) is 7.63. The van der Waals surface area contributed by atoms with E-state index in [4.69, 9.17) is 30.5 Å². The standard InChI is InChI=1S/C17H18ClN3O4/c1-9(2)19-17-21-12(8-24-17)11-7-14(22-3)10-5-6-13(25-23-4)15(18)16(10)20-11/h5-9H,1-4H3,(H,19,21). The Morgan fingerprint density at radius 2 is 1.92 bits per heavy atom. The number of pyridine rings is 1. The van der Waals surface area contributed by atoms with Crippen molar-refractivity contribution in [2.24, 2.45) is 0 Å². The number of hydrogen-bond donors (Lipinski definition) is 1. The van der Waals surface area contributed by atoms with E-state index in [9.17, 15) is 0 Å². The maximum absolute atomic E-state index is 6.40. The zero-order chi connectivity index (χ0) is 18.0. The molecule has 0 aliphatic rings. The van der Waals surface area contributed by atoms with E-state index in [-0.39, 0.29) is 6.04 Å². The fraction of sp³-hybridized carbons (Fsp3) is 0.294. The Morgan fingerprint density at radius 3 is 2.60 bits per heavy atom. The van der Waals surface area contributed by atoms with Gasteiger partial charge in [-0.05, 0) is 26.0 Å². The Hall–Kier alpha value is -2.51. The smallest absolute Gasteiger partial charge is 0.295 e. The lowest BCUT2D eigenvalue weighted by Gasteiger charge is -2.10. The van der Waals surface area contributed by atoms with Gasteiger partial charge >= 0.3 is 0 Å². The molecule has 0 unspecified atom stereocenters. The number of anilines is 1. The van der Waals surface area contributed by atoms with Crippen LogP contribution in [-0.2, 0) is 4.89 Å². The summed E-state index contributed by atoms with van der Waals surface area (Å²) < 4.78 is 10.9. The largest absolute Gasteiger partial charge is 0.496 e. The van der Waals surface area contributed by atoms with Crippen molar-refractivity contribution in [2.75, 3.05) is 19.5 Å². The van der Waals surface area contributed by atoms with E-state index < -0.39 is 0 Å². The predicted molar refractivity (Wildman–Crippen MR) is 95.2 cm³/mol. The van der Waals surface area contributed by atoms with Crippen molar-refractivity contribution in [1.29, 1.82) is 0 Å². The highest BCUT2D eigenvalue weighted by Crippen LogP contribution is 2.38. The second-order valence-corrected chi connectivity index (χ2v) is 5.95. The van der Waals surface area contributed by atoms with Crippen molar-refractivity contribution in [1.82, 2.24) is 9.97 Å². The lowest BCUT2D eigenvalue weighted by molar-refractivity contribution is -0.177. The highest BCUT2D eigenvalue weighted by molar-refractivity contribution is 6.36. The van der Waals surface area contributed by atoms with E-state index in [1.54, 1.807) is 25.3 Å². The lowest BCUT2D eigenvalue weighted by atomic mass is 10.1. The van der Waals surface area contributed by atoms with E-state index in [1.807, 2.05) is 13.8 Å². The minimum Gasteiger partial charge on any atom is -0.496 e. The van der Waals surface area contributed by atoms with E-state index in [2.05, 4.69) is 15.3 Å². The van der Waals surface area contributed by atoms with Gasteiger partial charge in [-0.1, -0.05) is 11.6 Å². The quantitative estimate of drug-likeness (QED) is 0.516. The SMILES string of the molecule is COOc1ccc2c(OC)cc(-c3coc(NC(C)C)n3)nc2c1Cl. The topological polar surface area (TPSA) is 78.6 Å². The van der Waals surface area contributed by atoms with Gasteiger partial charge in [0, 0.05) is 17.5 Å². The molecule has 1 N–H and O–H groups in total. The molecule has 0 saturated carbocycles. The fourth-order valence-corrected chi connectivity index (χ4v) is 2.61. The predicted octanol–water partition coefficient (Wildman–Crippen LogP) is 4.31. The molecule has 8 heteroatoms. The number of fused-ring (bicyclic) bond motifs is 1. The molecule has 0 aliphatic carbocycles.